The Morgan fingerprint density at radius 1 is 1.00 bits per heavy atom. The molecule has 48 heavy (non-hydrogen) atoms. The van der Waals surface area contributed by atoms with Crippen LogP contribution in [0.2, 0.25) is 0 Å². The van der Waals surface area contributed by atoms with Crippen molar-refractivity contribution in [2.75, 3.05) is 6.61 Å². The van der Waals surface area contributed by atoms with Gasteiger partial charge in [0, 0.05) is 17.2 Å². The topological polar surface area (TPSA) is 147 Å². The highest BCUT2D eigenvalue weighted by Gasteiger charge is 2.35. The zero-order chi connectivity index (χ0) is 34.0. The van der Waals surface area contributed by atoms with Crippen LogP contribution < -0.4 is 19.1 Å². The van der Waals surface area contributed by atoms with Crippen molar-refractivity contribution in [3.8, 4) is 5.75 Å². The van der Waals surface area contributed by atoms with Gasteiger partial charge >= 0.3 is 16.1 Å². The zero-order valence-corrected chi connectivity index (χ0v) is 27.2. The summed E-state index contributed by atoms with van der Waals surface area (Å²) >= 11 is 1.16. The number of rotatable bonds is 9. The molecule has 0 amide bonds. The highest BCUT2D eigenvalue weighted by Crippen LogP contribution is 2.35. The summed E-state index contributed by atoms with van der Waals surface area (Å²) in [7, 11) is -4.36. The van der Waals surface area contributed by atoms with Gasteiger partial charge in [0.15, 0.2) is 4.80 Å². The molecule has 0 aliphatic carbocycles. The van der Waals surface area contributed by atoms with Crippen molar-refractivity contribution < 1.29 is 27.1 Å². The number of benzene rings is 4. The second-order valence-electron chi connectivity index (χ2n) is 10.7. The molecule has 0 N–H and O–H groups in total. The molecule has 13 heteroatoms. The van der Waals surface area contributed by atoms with Gasteiger partial charge in [-0.05, 0) is 49.2 Å². The smallest absolute Gasteiger partial charge is 0.339 e. The predicted octanol–water partition coefficient (Wildman–Crippen LogP) is 4.92. The van der Waals surface area contributed by atoms with E-state index in [2.05, 4.69) is 0 Å². The predicted molar refractivity (Wildman–Crippen MR) is 180 cm³/mol. The number of nitro groups is 1. The Labute approximate surface area is 278 Å². The van der Waals surface area contributed by atoms with Gasteiger partial charge in [0.1, 0.15) is 10.6 Å². The van der Waals surface area contributed by atoms with E-state index in [9.17, 15) is 28.1 Å². The summed E-state index contributed by atoms with van der Waals surface area (Å²) in [5, 5.41) is 11.3. The number of ether oxygens (including phenoxy) is 1. The molecular formula is C35H27N3O8S2. The normalized spacial score (nSPS) is 14.6. The molecule has 0 saturated carbocycles. The maximum Gasteiger partial charge on any atom is 0.339 e. The van der Waals surface area contributed by atoms with Crippen LogP contribution in [-0.2, 0) is 19.6 Å². The molecule has 4 aromatic carbocycles. The molecule has 0 spiro atoms. The van der Waals surface area contributed by atoms with Crippen molar-refractivity contribution in [2.45, 2.75) is 24.8 Å². The SMILES string of the molecule is CCOC(=O)C1=C(c2ccccc2)N=c2s/c(=C\c3ccc(OS(=O)(=O)c4ccc(C)c([N+](=O)[O-])c4)cc3)c(=O)n2[C@@H]1c1ccccc1. The number of nitrogens with zero attached hydrogens (tertiary/aromatic N) is 3. The van der Waals surface area contributed by atoms with E-state index in [0.29, 0.717) is 37.3 Å². The summed E-state index contributed by atoms with van der Waals surface area (Å²) in [6.45, 7) is 3.37. The summed E-state index contributed by atoms with van der Waals surface area (Å²) in [5.41, 5.74) is 2.24. The molecule has 1 atom stereocenters. The molecule has 2 heterocycles. The van der Waals surface area contributed by atoms with Crippen molar-refractivity contribution in [3.05, 3.63) is 161 Å². The maximum atomic E-state index is 14.0. The first-order chi connectivity index (χ1) is 23.1. The number of nitro benzene ring substituents is 1. The summed E-state index contributed by atoms with van der Waals surface area (Å²) < 4.78 is 38.3. The molecule has 0 fully saturated rings. The molecule has 242 valence electrons. The van der Waals surface area contributed by atoms with Crippen LogP contribution in [0, 0.1) is 17.0 Å². The number of esters is 1. The number of aryl methyl sites for hydroxylation is 1. The summed E-state index contributed by atoms with van der Waals surface area (Å²) in [6.07, 6.45) is 1.64. The van der Waals surface area contributed by atoms with Gasteiger partial charge < -0.3 is 8.92 Å². The molecule has 0 unspecified atom stereocenters. The van der Waals surface area contributed by atoms with Crippen molar-refractivity contribution in [3.63, 3.8) is 0 Å². The Morgan fingerprint density at radius 2 is 1.67 bits per heavy atom. The largest absolute Gasteiger partial charge is 0.463 e. The average Bonchev–Trinajstić information content (AvgIpc) is 3.39. The minimum Gasteiger partial charge on any atom is -0.463 e. The van der Waals surface area contributed by atoms with Crippen LogP contribution in [0.1, 0.15) is 35.2 Å². The van der Waals surface area contributed by atoms with Crippen LogP contribution in [-0.4, -0.2) is 30.5 Å². The Balaban J connectivity index is 1.41. The van der Waals surface area contributed by atoms with Gasteiger partial charge in [-0.15, -0.1) is 0 Å². The number of aromatic nitrogens is 1. The fourth-order valence-corrected chi connectivity index (χ4v) is 7.23. The number of fused-ring (bicyclic) bond motifs is 1. The number of hydrogen-bond donors (Lipinski definition) is 0. The quantitative estimate of drug-likeness (QED) is 0.0922. The van der Waals surface area contributed by atoms with E-state index in [0.717, 1.165) is 17.4 Å². The Hall–Kier alpha value is -5.66. The first kappa shape index (κ1) is 32.3. The molecule has 0 bridgehead atoms. The summed E-state index contributed by atoms with van der Waals surface area (Å²) in [6, 6.07) is 27.2. The van der Waals surface area contributed by atoms with Crippen molar-refractivity contribution in [2.24, 2.45) is 4.99 Å². The van der Waals surface area contributed by atoms with Gasteiger partial charge in [-0.2, -0.15) is 8.42 Å². The lowest BCUT2D eigenvalue weighted by Gasteiger charge is -2.25. The second-order valence-corrected chi connectivity index (χ2v) is 13.2. The Morgan fingerprint density at radius 3 is 2.31 bits per heavy atom. The minimum atomic E-state index is -4.36. The first-order valence-corrected chi connectivity index (χ1v) is 16.9. The third-order valence-corrected chi connectivity index (χ3v) is 9.76. The average molecular weight is 682 g/mol. The molecule has 1 aliphatic rings. The van der Waals surface area contributed by atoms with E-state index >= 15 is 0 Å². The minimum absolute atomic E-state index is 0.0208. The number of thiazole rings is 1. The fraction of sp³-hybridized carbons (Fsp3) is 0.114. The first-order valence-electron chi connectivity index (χ1n) is 14.7. The van der Waals surface area contributed by atoms with Gasteiger partial charge in [0.25, 0.3) is 11.2 Å². The second kappa shape index (κ2) is 13.2. The summed E-state index contributed by atoms with van der Waals surface area (Å²) in [5.74, 6) is -0.596. The van der Waals surface area contributed by atoms with Gasteiger partial charge in [0.05, 0.1) is 33.4 Å². The monoisotopic (exact) mass is 681 g/mol. The van der Waals surface area contributed by atoms with Crippen LogP contribution >= 0.6 is 11.3 Å². The van der Waals surface area contributed by atoms with Crippen LogP contribution in [0.25, 0.3) is 11.8 Å². The molecule has 5 aromatic rings. The van der Waals surface area contributed by atoms with Gasteiger partial charge in [0.2, 0.25) is 0 Å². The molecule has 0 saturated heterocycles. The highest BCUT2D eigenvalue weighted by atomic mass is 32.2. The number of carbonyl (C=O) groups excluding carboxylic acids is 1. The van der Waals surface area contributed by atoms with Gasteiger partial charge in [-0.1, -0.05) is 90.2 Å². The Bertz CT molecular complexity index is 2370. The standard InChI is InChI=1S/C35H27N3O8S2/c1-3-45-34(40)30-31(24-10-6-4-7-11-24)36-35-37(32(30)25-12-8-5-9-13-25)33(39)29(47-35)20-23-15-17-26(18-16-23)46-48(43,44)27-19-14-22(2)28(21-27)38(41)42/h4-21,32H,3H2,1-2H3/b29-20-/t32-/m1/s1. The van der Waals surface area contributed by atoms with E-state index in [-0.39, 0.29) is 34.1 Å². The number of hydrogen-bond acceptors (Lipinski definition) is 10. The van der Waals surface area contributed by atoms with Crippen LogP contribution in [0.4, 0.5) is 5.69 Å². The lowest BCUT2D eigenvalue weighted by atomic mass is 9.93. The molecular weight excluding hydrogens is 655 g/mol. The Kier molecular flexibility index (Phi) is 8.89. The van der Waals surface area contributed by atoms with Crippen molar-refractivity contribution in [1.29, 1.82) is 0 Å². The molecule has 0 radical (unpaired) electrons. The molecule has 11 nitrogen and oxygen atoms in total. The lowest BCUT2D eigenvalue weighted by molar-refractivity contribution is -0.385. The van der Waals surface area contributed by atoms with E-state index in [1.807, 2.05) is 60.7 Å². The zero-order valence-electron chi connectivity index (χ0n) is 25.6. The summed E-state index contributed by atoms with van der Waals surface area (Å²) in [4.78, 5) is 43.1. The van der Waals surface area contributed by atoms with Crippen LogP contribution in [0.15, 0.2) is 123 Å². The number of carbonyl (C=O) groups is 1. The van der Waals surface area contributed by atoms with E-state index < -0.39 is 27.1 Å². The van der Waals surface area contributed by atoms with Crippen molar-refractivity contribution >= 4 is 44.9 Å². The third-order valence-electron chi connectivity index (χ3n) is 7.54. The van der Waals surface area contributed by atoms with Gasteiger partial charge in [-0.3, -0.25) is 19.5 Å². The van der Waals surface area contributed by atoms with Crippen LogP contribution in [0.5, 0.6) is 5.75 Å². The fourth-order valence-electron chi connectivity index (χ4n) is 5.28. The molecule has 6 rings (SSSR count). The third kappa shape index (κ3) is 6.33. The maximum absolute atomic E-state index is 14.0. The van der Waals surface area contributed by atoms with E-state index in [1.165, 1.54) is 35.8 Å². The van der Waals surface area contributed by atoms with Crippen molar-refractivity contribution in [1.82, 2.24) is 4.57 Å². The molecule has 1 aliphatic heterocycles. The van der Waals surface area contributed by atoms with Gasteiger partial charge in [-0.25, -0.2) is 9.79 Å². The lowest BCUT2D eigenvalue weighted by Crippen LogP contribution is -2.39. The van der Waals surface area contributed by atoms with E-state index in [1.54, 1.807) is 25.1 Å². The van der Waals surface area contributed by atoms with E-state index in [4.69, 9.17) is 13.9 Å². The van der Waals surface area contributed by atoms with Crippen LogP contribution in [0.3, 0.4) is 0 Å². The highest BCUT2D eigenvalue weighted by molar-refractivity contribution is 7.87. The molecule has 1 aromatic heterocycles.